The molecule has 8 heteroatoms. The second-order valence-electron chi connectivity index (χ2n) is 10.6. The van der Waals surface area contributed by atoms with Crippen molar-refractivity contribution in [1.82, 2.24) is 9.80 Å². The molecule has 1 atom stereocenters. The van der Waals surface area contributed by atoms with E-state index in [9.17, 15) is 14.4 Å². The quantitative estimate of drug-likeness (QED) is 0.420. The van der Waals surface area contributed by atoms with Crippen molar-refractivity contribution in [2.24, 2.45) is 5.92 Å². The third kappa shape index (κ3) is 4.88. The molecule has 2 aromatic carbocycles. The normalized spacial score (nSPS) is 18.0. The van der Waals surface area contributed by atoms with Gasteiger partial charge in [-0.15, -0.1) is 11.3 Å². The lowest BCUT2D eigenvalue weighted by Crippen LogP contribution is -2.44. The van der Waals surface area contributed by atoms with Crippen molar-refractivity contribution in [2.75, 3.05) is 38.7 Å². The van der Waals surface area contributed by atoms with Gasteiger partial charge >= 0.3 is 0 Å². The highest BCUT2D eigenvalue weighted by Crippen LogP contribution is 2.35. The Balaban J connectivity index is 1.32. The van der Waals surface area contributed by atoms with Crippen molar-refractivity contribution in [2.45, 2.75) is 38.8 Å². The standard InChI is InChI=1S/C29H33N3O4S/c1-29(2,36-4)18-32-27(34)22-11-7-12-23(25(22)28(32)35)31-14-8-10-20(16-31)26(33)30(3)17-21-15-19-9-5-6-13-24(19)37-21/h5-7,9,11-13,15,20H,8,10,14,16-18H2,1-4H3. The number of carbonyl (C=O) groups is 3. The van der Waals surface area contributed by atoms with Crippen LogP contribution in [0.4, 0.5) is 5.69 Å². The van der Waals surface area contributed by atoms with Crippen molar-refractivity contribution >= 4 is 44.8 Å². The third-order valence-corrected chi connectivity index (χ3v) is 8.53. The molecule has 3 heterocycles. The van der Waals surface area contributed by atoms with E-state index in [-0.39, 0.29) is 30.2 Å². The lowest BCUT2D eigenvalue weighted by Gasteiger charge is -2.36. The Hall–Kier alpha value is -3.23. The molecular formula is C29H33N3O4S. The Morgan fingerprint density at radius 1 is 1.14 bits per heavy atom. The van der Waals surface area contributed by atoms with E-state index in [4.69, 9.17) is 4.74 Å². The minimum atomic E-state index is -0.644. The summed E-state index contributed by atoms with van der Waals surface area (Å²) in [5.74, 6) is -0.643. The average Bonchev–Trinajstić information content (AvgIpc) is 3.42. The predicted molar refractivity (Wildman–Crippen MR) is 146 cm³/mol. The van der Waals surface area contributed by atoms with Gasteiger partial charge in [-0.05, 0) is 56.3 Å². The predicted octanol–water partition coefficient (Wildman–Crippen LogP) is 4.80. The first-order valence-corrected chi connectivity index (χ1v) is 13.5. The molecule has 0 radical (unpaired) electrons. The second-order valence-corrected chi connectivity index (χ2v) is 11.8. The summed E-state index contributed by atoms with van der Waals surface area (Å²) in [5, 5.41) is 1.20. The summed E-state index contributed by atoms with van der Waals surface area (Å²) in [6.45, 7) is 5.73. The molecule has 2 aliphatic rings. The van der Waals surface area contributed by atoms with Crippen LogP contribution in [0.1, 0.15) is 52.3 Å². The summed E-state index contributed by atoms with van der Waals surface area (Å²) in [7, 11) is 3.44. The highest BCUT2D eigenvalue weighted by atomic mass is 32.1. The SMILES string of the molecule is COC(C)(C)CN1C(=O)c2cccc(N3CCCC(C(=O)N(C)Cc4cc5ccccc5s4)C3)c2C1=O. The molecule has 1 unspecified atom stereocenters. The maximum Gasteiger partial charge on any atom is 0.263 e. The van der Waals surface area contributed by atoms with Crippen molar-refractivity contribution in [1.29, 1.82) is 0 Å². The van der Waals surface area contributed by atoms with Gasteiger partial charge < -0.3 is 14.5 Å². The first-order valence-electron chi connectivity index (χ1n) is 12.7. The van der Waals surface area contributed by atoms with E-state index in [1.165, 1.54) is 15.0 Å². The molecular weight excluding hydrogens is 486 g/mol. The molecule has 1 fully saturated rings. The fraction of sp³-hybridized carbons (Fsp3) is 0.414. The number of thiophene rings is 1. The molecule has 1 saturated heterocycles. The summed E-state index contributed by atoms with van der Waals surface area (Å²) in [6.07, 6.45) is 1.65. The van der Waals surface area contributed by atoms with E-state index in [0.29, 0.717) is 24.2 Å². The van der Waals surface area contributed by atoms with Crippen LogP contribution in [0.3, 0.4) is 0 Å². The Labute approximate surface area is 221 Å². The molecule has 2 aliphatic heterocycles. The molecule has 0 spiro atoms. The van der Waals surface area contributed by atoms with Crippen LogP contribution in [0.15, 0.2) is 48.5 Å². The number of nitrogens with zero attached hydrogens (tertiary/aromatic N) is 3. The van der Waals surface area contributed by atoms with Gasteiger partial charge in [-0.1, -0.05) is 24.3 Å². The van der Waals surface area contributed by atoms with Gasteiger partial charge in [0.2, 0.25) is 5.91 Å². The van der Waals surface area contributed by atoms with Gasteiger partial charge in [0, 0.05) is 36.8 Å². The zero-order chi connectivity index (χ0) is 26.3. The maximum atomic E-state index is 13.4. The van der Waals surface area contributed by atoms with E-state index in [0.717, 1.165) is 30.0 Å². The largest absolute Gasteiger partial charge is 0.377 e. The Bertz CT molecular complexity index is 1330. The van der Waals surface area contributed by atoms with E-state index in [1.807, 2.05) is 50.1 Å². The molecule has 3 amide bonds. The van der Waals surface area contributed by atoms with E-state index < -0.39 is 5.60 Å². The number of methoxy groups -OCH3 is 1. The number of benzene rings is 2. The summed E-state index contributed by atoms with van der Waals surface area (Å²) in [6, 6.07) is 15.8. The molecule has 37 heavy (non-hydrogen) atoms. The molecule has 0 N–H and O–H groups in total. The van der Waals surface area contributed by atoms with Crippen LogP contribution in [-0.2, 0) is 16.1 Å². The Morgan fingerprint density at radius 2 is 1.92 bits per heavy atom. The molecule has 0 saturated carbocycles. The van der Waals surface area contributed by atoms with Crippen molar-refractivity contribution in [3.63, 3.8) is 0 Å². The van der Waals surface area contributed by atoms with Crippen molar-refractivity contribution < 1.29 is 19.1 Å². The Morgan fingerprint density at radius 3 is 2.68 bits per heavy atom. The number of piperidine rings is 1. The number of carbonyl (C=O) groups excluding carboxylic acids is 3. The number of ether oxygens (including phenoxy) is 1. The number of amides is 3. The second kappa shape index (κ2) is 9.91. The minimum Gasteiger partial charge on any atom is -0.377 e. The molecule has 1 aromatic heterocycles. The average molecular weight is 520 g/mol. The van der Waals surface area contributed by atoms with Gasteiger partial charge in [0.05, 0.1) is 41.4 Å². The minimum absolute atomic E-state index is 0.112. The molecule has 0 bridgehead atoms. The van der Waals surface area contributed by atoms with E-state index in [1.54, 1.807) is 24.5 Å². The highest BCUT2D eigenvalue weighted by Gasteiger charge is 2.41. The summed E-state index contributed by atoms with van der Waals surface area (Å²) in [4.78, 5) is 46.3. The van der Waals surface area contributed by atoms with Crippen LogP contribution in [0, 0.1) is 5.92 Å². The van der Waals surface area contributed by atoms with Crippen LogP contribution >= 0.6 is 11.3 Å². The topological polar surface area (TPSA) is 70.2 Å². The van der Waals surface area contributed by atoms with Gasteiger partial charge in [-0.3, -0.25) is 19.3 Å². The third-order valence-electron chi connectivity index (χ3n) is 7.43. The summed E-state index contributed by atoms with van der Waals surface area (Å²) >= 11 is 1.72. The fourth-order valence-electron chi connectivity index (χ4n) is 5.30. The zero-order valence-electron chi connectivity index (χ0n) is 21.8. The highest BCUT2D eigenvalue weighted by molar-refractivity contribution is 7.19. The van der Waals surface area contributed by atoms with Gasteiger partial charge in [0.25, 0.3) is 11.8 Å². The lowest BCUT2D eigenvalue weighted by molar-refractivity contribution is -0.135. The number of anilines is 1. The summed E-state index contributed by atoms with van der Waals surface area (Å²) in [5.41, 5.74) is 0.948. The maximum absolute atomic E-state index is 13.4. The number of imide groups is 1. The number of hydrogen-bond donors (Lipinski definition) is 0. The van der Waals surface area contributed by atoms with Gasteiger partial charge in [-0.2, -0.15) is 0 Å². The number of rotatable bonds is 7. The lowest BCUT2D eigenvalue weighted by atomic mass is 9.95. The fourth-order valence-corrected chi connectivity index (χ4v) is 6.42. The molecule has 5 rings (SSSR count). The van der Waals surface area contributed by atoms with E-state index in [2.05, 4.69) is 23.1 Å². The summed E-state index contributed by atoms with van der Waals surface area (Å²) < 4.78 is 6.69. The van der Waals surface area contributed by atoms with Crippen LogP contribution in [0.25, 0.3) is 10.1 Å². The smallest absolute Gasteiger partial charge is 0.263 e. The van der Waals surface area contributed by atoms with Crippen molar-refractivity contribution in [3.8, 4) is 0 Å². The van der Waals surface area contributed by atoms with Gasteiger partial charge in [-0.25, -0.2) is 0 Å². The van der Waals surface area contributed by atoms with Crippen LogP contribution in [0.5, 0.6) is 0 Å². The number of fused-ring (bicyclic) bond motifs is 2. The zero-order valence-corrected chi connectivity index (χ0v) is 22.6. The van der Waals surface area contributed by atoms with Crippen molar-refractivity contribution in [3.05, 3.63) is 64.5 Å². The Kier molecular flexibility index (Phi) is 6.81. The van der Waals surface area contributed by atoms with Gasteiger partial charge in [0.15, 0.2) is 0 Å². The monoisotopic (exact) mass is 519 g/mol. The molecule has 194 valence electrons. The van der Waals surface area contributed by atoms with Crippen LogP contribution in [-0.4, -0.2) is 66.9 Å². The first-order chi connectivity index (χ1) is 17.7. The molecule has 0 aliphatic carbocycles. The van der Waals surface area contributed by atoms with E-state index >= 15 is 0 Å². The molecule has 3 aromatic rings. The van der Waals surface area contributed by atoms with Gasteiger partial charge in [0.1, 0.15) is 0 Å². The van der Waals surface area contributed by atoms with Crippen LogP contribution in [0.2, 0.25) is 0 Å². The van der Waals surface area contributed by atoms with Crippen LogP contribution < -0.4 is 4.90 Å². The number of hydrogen-bond acceptors (Lipinski definition) is 6. The molecule has 7 nitrogen and oxygen atoms in total. The first kappa shape index (κ1) is 25.4.